The van der Waals surface area contributed by atoms with Crippen molar-refractivity contribution in [3.8, 4) is 0 Å². The molecule has 0 bridgehead atoms. The molecule has 1 aliphatic rings. The minimum absolute atomic E-state index is 0.260. The first-order valence-corrected chi connectivity index (χ1v) is 7.60. The number of halogens is 1. The second-order valence-corrected chi connectivity index (χ2v) is 7.31. The number of carbonyl (C=O) groups excluding carboxylic acids is 1. The summed E-state index contributed by atoms with van der Waals surface area (Å²) in [6.07, 6.45) is -0.409. The molecule has 6 heteroatoms. The first-order chi connectivity index (χ1) is 10.0. The van der Waals surface area contributed by atoms with Gasteiger partial charge >= 0.3 is 6.09 Å². The third-order valence-electron chi connectivity index (χ3n) is 3.48. The zero-order valence-electron chi connectivity index (χ0n) is 13.6. The van der Waals surface area contributed by atoms with Gasteiger partial charge < -0.3 is 15.2 Å². The van der Waals surface area contributed by atoms with Crippen LogP contribution in [0.5, 0.6) is 0 Å². The van der Waals surface area contributed by atoms with Gasteiger partial charge in [0.2, 0.25) is 0 Å². The zero-order chi connectivity index (χ0) is 16.7. The first kappa shape index (κ1) is 16.9. The maximum atomic E-state index is 12.6. The summed E-state index contributed by atoms with van der Waals surface area (Å²) in [4.78, 5) is 14.2. The quantitative estimate of drug-likeness (QED) is 0.793. The Morgan fingerprint density at radius 2 is 2.09 bits per heavy atom. The van der Waals surface area contributed by atoms with Crippen LogP contribution >= 0.6 is 11.6 Å². The Kier molecular flexibility index (Phi) is 4.33. The highest BCUT2D eigenvalue weighted by atomic mass is 35.5. The van der Waals surface area contributed by atoms with E-state index >= 15 is 0 Å². The Bertz CT molecular complexity index is 581. The normalized spacial score (nSPS) is 21.0. The molecule has 0 radical (unpaired) electrons. The summed E-state index contributed by atoms with van der Waals surface area (Å²) < 4.78 is 11.3. The van der Waals surface area contributed by atoms with Gasteiger partial charge in [0.05, 0.1) is 23.4 Å². The third kappa shape index (κ3) is 3.47. The van der Waals surface area contributed by atoms with Crippen molar-refractivity contribution in [3.05, 3.63) is 28.8 Å². The van der Waals surface area contributed by atoms with Gasteiger partial charge in [-0.05, 0) is 52.3 Å². The summed E-state index contributed by atoms with van der Waals surface area (Å²) >= 11 is 5.97. The lowest BCUT2D eigenvalue weighted by molar-refractivity contribution is -0.0626. The second-order valence-electron chi connectivity index (χ2n) is 6.90. The molecule has 1 unspecified atom stereocenters. The Morgan fingerprint density at radius 1 is 1.45 bits per heavy atom. The van der Waals surface area contributed by atoms with Crippen molar-refractivity contribution in [2.24, 2.45) is 0 Å². The lowest BCUT2D eigenvalue weighted by Crippen LogP contribution is -2.47. The molecule has 1 heterocycles. The smallest absolute Gasteiger partial charge is 0.413 e. The number of amides is 1. The molecule has 1 aromatic rings. The van der Waals surface area contributed by atoms with E-state index in [9.17, 15) is 4.79 Å². The Morgan fingerprint density at radius 3 is 2.64 bits per heavy atom. The molecule has 122 valence electrons. The number of benzene rings is 1. The summed E-state index contributed by atoms with van der Waals surface area (Å²) in [5, 5.41) is 0.491. The second kappa shape index (κ2) is 5.63. The van der Waals surface area contributed by atoms with Crippen LogP contribution in [0.3, 0.4) is 0 Å². The molecule has 0 spiro atoms. The summed E-state index contributed by atoms with van der Waals surface area (Å²) in [5.74, 6) is 0. The minimum Gasteiger partial charge on any atom is -0.444 e. The van der Waals surface area contributed by atoms with Crippen LogP contribution in [-0.2, 0) is 9.47 Å². The number of nitrogens with zero attached hydrogens (tertiary/aromatic N) is 1. The van der Waals surface area contributed by atoms with Crippen LogP contribution in [0.25, 0.3) is 0 Å². The van der Waals surface area contributed by atoms with Crippen LogP contribution < -0.4 is 5.73 Å². The summed E-state index contributed by atoms with van der Waals surface area (Å²) in [6.45, 7) is 9.58. The van der Waals surface area contributed by atoms with Crippen LogP contribution in [-0.4, -0.2) is 28.9 Å². The van der Waals surface area contributed by atoms with Crippen LogP contribution in [0, 0.1) is 0 Å². The van der Waals surface area contributed by atoms with Gasteiger partial charge in [0, 0.05) is 0 Å². The third-order valence-corrected chi connectivity index (χ3v) is 3.83. The highest BCUT2D eigenvalue weighted by Gasteiger charge is 2.46. The molecule has 0 aromatic heterocycles. The van der Waals surface area contributed by atoms with Gasteiger partial charge in [0.1, 0.15) is 11.3 Å². The van der Waals surface area contributed by atoms with Crippen molar-refractivity contribution in [2.45, 2.75) is 52.0 Å². The molecule has 2 rings (SSSR count). The van der Waals surface area contributed by atoms with E-state index in [-0.39, 0.29) is 6.04 Å². The summed E-state index contributed by atoms with van der Waals surface area (Å²) in [5.41, 5.74) is 5.91. The lowest BCUT2D eigenvalue weighted by Gasteiger charge is -2.35. The maximum absolute atomic E-state index is 12.6. The fourth-order valence-corrected chi connectivity index (χ4v) is 2.59. The van der Waals surface area contributed by atoms with Gasteiger partial charge in [0.15, 0.2) is 0 Å². The minimum atomic E-state index is -0.749. The largest absolute Gasteiger partial charge is 0.444 e. The summed E-state index contributed by atoms with van der Waals surface area (Å²) in [7, 11) is 0. The fourth-order valence-electron chi connectivity index (χ4n) is 2.48. The predicted molar refractivity (Wildman–Crippen MR) is 86.7 cm³/mol. The Hall–Kier alpha value is -1.46. The molecule has 1 aliphatic heterocycles. The molecule has 2 N–H and O–H groups in total. The van der Waals surface area contributed by atoms with Crippen molar-refractivity contribution in [1.29, 1.82) is 0 Å². The van der Waals surface area contributed by atoms with E-state index in [1.807, 2.05) is 40.7 Å². The number of nitrogen functional groups attached to an aromatic ring is 1. The number of ether oxygens (including phenoxy) is 2. The SMILES string of the molecule is CC(C)(C)OC(=O)N1C(c2ccc(Cl)c(N)c2)COC1(C)C. The average molecular weight is 327 g/mol. The Balaban J connectivity index is 2.33. The Labute approximate surface area is 136 Å². The average Bonchev–Trinajstić information content (AvgIpc) is 2.66. The van der Waals surface area contributed by atoms with E-state index in [1.54, 1.807) is 17.0 Å². The van der Waals surface area contributed by atoms with Gasteiger partial charge in [-0.25, -0.2) is 4.79 Å². The zero-order valence-corrected chi connectivity index (χ0v) is 14.4. The molecule has 1 fully saturated rings. The molecule has 1 aromatic carbocycles. The van der Waals surface area contributed by atoms with Gasteiger partial charge in [-0.1, -0.05) is 17.7 Å². The van der Waals surface area contributed by atoms with E-state index in [1.165, 1.54) is 0 Å². The van der Waals surface area contributed by atoms with E-state index in [2.05, 4.69) is 0 Å². The fraction of sp³-hybridized carbons (Fsp3) is 0.562. The van der Waals surface area contributed by atoms with E-state index in [4.69, 9.17) is 26.8 Å². The van der Waals surface area contributed by atoms with Gasteiger partial charge in [-0.3, -0.25) is 4.90 Å². The van der Waals surface area contributed by atoms with Crippen LogP contribution in [0.2, 0.25) is 5.02 Å². The highest BCUT2D eigenvalue weighted by Crippen LogP contribution is 2.39. The van der Waals surface area contributed by atoms with Crippen LogP contribution in [0.4, 0.5) is 10.5 Å². The monoisotopic (exact) mass is 326 g/mol. The molecule has 0 aliphatic carbocycles. The van der Waals surface area contributed by atoms with Gasteiger partial charge in [-0.15, -0.1) is 0 Å². The van der Waals surface area contributed by atoms with Gasteiger partial charge in [0.25, 0.3) is 0 Å². The maximum Gasteiger partial charge on any atom is 0.413 e. The summed E-state index contributed by atoms with van der Waals surface area (Å²) in [6, 6.07) is 5.09. The topological polar surface area (TPSA) is 64.8 Å². The number of nitrogens with two attached hydrogens (primary N) is 1. The van der Waals surface area contributed by atoms with Crippen molar-refractivity contribution in [2.75, 3.05) is 12.3 Å². The van der Waals surface area contributed by atoms with Crippen LogP contribution in [0.15, 0.2) is 18.2 Å². The van der Waals surface area contributed by atoms with Crippen LogP contribution in [0.1, 0.15) is 46.2 Å². The first-order valence-electron chi connectivity index (χ1n) is 7.22. The standard InChI is InChI=1S/C16H23ClN2O3/c1-15(2,3)22-14(20)19-13(9-21-16(19,4)5)10-6-7-11(17)12(18)8-10/h6-8,13H,9,18H2,1-5H3. The van der Waals surface area contributed by atoms with Crippen molar-refractivity contribution < 1.29 is 14.3 Å². The number of rotatable bonds is 1. The number of carbonyl (C=O) groups is 1. The van der Waals surface area contributed by atoms with Crippen molar-refractivity contribution in [3.63, 3.8) is 0 Å². The molecule has 22 heavy (non-hydrogen) atoms. The number of hydrogen-bond donors (Lipinski definition) is 1. The van der Waals surface area contributed by atoms with E-state index < -0.39 is 17.4 Å². The number of hydrogen-bond acceptors (Lipinski definition) is 4. The van der Waals surface area contributed by atoms with Gasteiger partial charge in [-0.2, -0.15) is 0 Å². The van der Waals surface area contributed by atoms with E-state index in [0.717, 1.165) is 5.56 Å². The molecule has 5 nitrogen and oxygen atoms in total. The predicted octanol–water partition coefficient (Wildman–Crippen LogP) is 3.97. The lowest BCUT2D eigenvalue weighted by atomic mass is 10.1. The highest BCUT2D eigenvalue weighted by molar-refractivity contribution is 6.33. The molecule has 1 amide bonds. The molecular formula is C16H23ClN2O3. The molecular weight excluding hydrogens is 304 g/mol. The van der Waals surface area contributed by atoms with Crippen molar-refractivity contribution >= 4 is 23.4 Å². The molecule has 1 atom stereocenters. The van der Waals surface area contributed by atoms with E-state index in [0.29, 0.717) is 17.3 Å². The molecule has 0 saturated carbocycles. The van der Waals surface area contributed by atoms with Crippen molar-refractivity contribution in [1.82, 2.24) is 4.90 Å². The molecule has 1 saturated heterocycles. The number of anilines is 1.